The summed E-state index contributed by atoms with van der Waals surface area (Å²) in [7, 11) is 0. The number of phenolic OH excluding ortho intramolecular Hbond substituents is 1. The number of carboxylic acids is 1. The van der Waals surface area contributed by atoms with Crippen molar-refractivity contribution in [3.05, 3.63) is 57.9 Å². The van der Waals surface area contributed by atoms with Gasteiger partial charge in [-0.05, 0) is 42.9 Å². The molecule has 3 N–H and O–H groups in total. The summed E-state index contributed by atoms with van der Waals surface area (Å²) in [4.78, 5) is 45.2. The van der Waals surface area contributed by atoms with Gasteiger partial charge in [-0.2, -0.15) is 0 Å². The maximum Gasteiger partial charge on any atom is 0.326 e. The van der Waals surface area contributed by atoms with Crippen molar-refractivity contribution in [2.45, 2.75) is 76.9 Å². The Morgan fingerprint density at radius 1 is 1.16 bits per heavy atom. The Balaban J connectivity index is 0.00000336. The second kappa shape index (κ2) is 10.1. The van der Waals surface area contributed by atoms with Gasteiger partial charge in [0.25, 0.3) is 0 Å². The smallest absolute Gasteiger partial charge is 0.326 e. The zero-order valence-corrected chi connectivity index (χ0v) is 23.5. The zero-order chi connectivity index (χ0) is 26.6. The zero-order valence-electron chi connectivity index (χ0n) is 21.8. The molecule has 0 radical (unpaired) electrons. The number of fused-ring (bicyclic) bond motifs is 1. The van der Waals surface area contributed by atoms with Gasteiger partial charge in [-0.25, -0.2) is 9.78 Å². The number of nitrogens with zero attached hydrogens (tertiary/aromatic N) is 3. The van der Waals surface area contributed by atoms with E-state index >= 15 is 0 Å². The first kappa shape index (κ1) is 27.8. The number of hydrogen-bond donors (Lipinski definition) is 3. The third-order valence-electron chi connectivity index (χ3n) is 7.50. The van der Waals surface area contributed by atoms with E-state index in [9.17, 15) is 24.6 Å². The van der Waals surface area contributed by atoms with Crippen LogP contribution in [-0.2, 0) is 28.1 Å². The molecule has 38 heavy (non-hydrogen) atoms. The summed E-state index contributed by atoms with van der Waals surface area (Å²) in [6.45, 7) is 6.05. The second-order valence-electron chi connectivity index (χ2n) is 11.3. The van der Waals surface area contributed by atoms with Crippen LogP contribution in [-0.4, -0.2) is 61.1 Å². The maximum absolute atomic E-state index is 13.5. The number of pyridine rings is 1. The van der Waals surface area contributed by atoms with Crippen molar-refractivity contribution in [2.24, 2.45) is 0 Å². The first-order valence-corrected chi connectivity index (χ1v) is 12.7. The predicted molar refractivity (Wildman–Crippen MR) is 146 cm³/mol. The summed E-state index contributed by atoms with van der Waals surface area (Å²) in [5, 5.41) is 29.2. The number of phenols is 1. The van der Waals surface area contributed by atoms with E-state index in [0.717, 1.165) is 24.1 Å². The van der Waals surface area contributed by atoms with Crippen LogP contribution >= 0.6 is 17.0 Å². The van der Waals surface area contributed by atoms with Gasteiger partial charge >= 0.3 is 5.97 Å². The standard InChI is InChI=1S/C28H32N4O5.BrH/c1-28(2,3)19-11-17(10-18(25(19)35)13-32-21(27(36)37)8-9-23(32)34)22(33)14-31-12-16-6-7-20(15-4-5-15)30-24(16)26(31)29;/h6-7,10-11,15,21,29,35H,4-5,8-9,12-14H2,1-3H3,(H,36,37);1H. The number of carboxylic acid groups (broad SMARTS) is 1. The van der Waals surface area contributed by atoms with Gasteiger partial charge < -0.3 is 20.0 Å². The summed E-state index contributed by atoms with van der Waals surface area (Å²) in [6, 6.07) is 6.27. The Hall–Kier alpha value is -3.27. The Labute approximate surface area is 232 Å². The number of rotatable bonds is 7. The Bertz CT molecular complexity index is 1330. The number of aliphatic carboxylic acids is 1. The van der Waals surface area contributed by atoms with Gasteiger partial charge in [-0.1, -0.05) is 26.8 Å². The highest BCUT2D eigenvalue weighted by molar-refractivity contribution is 8.93. The van der Waals surface area contributed by atoms with Crippen LogP contribution in [0.5, 0.6) is 5.75 Å². The maximum atomic E-state index is 13.5. The van der Waals surface area contributed by atoms with Crippen molar-refractivity contribution in [1.82, 2.24) is 14.8 Å². The molecule has 2 aliphatic heterocycles. The molecule has 1 saturated carbocycles. The number of aromatic hydroxyl groups is 1. The number of amides is 1. The fraction of sp³-hybridized carbons (Fsp3) is 0.464. The topological polar surface area (TPSA) is 135 Å². The van der Waals surface area contributed by atoms with Crippen LogP contribution in [0.25, 0.3) is 0 Å². The molecule has 1 saturated heterocycles. The number of halogens is 1. The minimum absolute atomic E-state index is 0. The van der Waals surface area contributed by atoms with Crippen molar-refractivity contribution < 1.29 is 24.6 Å². The average Bonchev–Trinajstić information content (AvgIpc) is 3.55. The van der Waals surface area contributed by atoms with Crippen molar-refractivity contribution in [2.75, 3.05) is 6.54 Å². The first-order valence-electron chi connectivity index (χ1n) is 12.7. The molecule has 0 bridgehead atoms. The number of Topliss-reactive ketones (excluding diaryl/α,β-unsaturated/α-hetero) is 1. The first-order chi connectivity index (χ1) is 17.4. The van der Waals surface area contributed by atoms with E-state index in [2.05, 4.69) is 4.98 Å². The molecule has 0 spiro atoms. The molecule has 1 atom stereocenters. The Morgan fingerprint density at radius 3 is 2.50 bits per heavy atom. The van der Waals surface area contributed by atoms with Crippen LogP contribution in [0.1, 0.15) is 90.8 Å². The van der Waals surface area contributed by atoms with Crippen LogP contribution in [0.4, 0.5) is 0 Å². The highest BCUT2D eigenvalue weighted by Gasteiger charge is 2.37. The number of nitrogens with one attached hydrogen (secondary N) is 1. The minimum Gasteiger partial charge on any atom is -0.507 e. The molecule has 9 nitrogen and oxygen atoms in total. The van der Waals surface area contributed by atoms with Crippen molar-refractivity contribution in [3.8, 4) is 5.75 Å². The van der Waals surface area contributed by atoms with Gasteiger partial charge in [0, 0.05) is 46.8 Å². The molecule has 1 aromatic carbocycles. The lowest BCUT2D eigenvalue weighted by Gasteiger charge is -2.27. The molecule has 1 unspecified atom stereocenters. The molecular weight excluding hydrogens is 552 g/mol. The molecule has 3 aliphatic rings. The minimum atomic E-state index is -1.08. The van der Waals surface area contributed by atoms with E-state index in [1.807, 2.05) is 32.9 Å². The summed E-state index contributed by atoms with van der Waals surface area (Å²) in [5.41, 5.74) is 3.30. The highest BCUT2D eigenvalue weighted by Crippen LogP contribution is 2.40. The third kappa shape index (κ3) is 5.18. The van der Waals surface area contributed by atoms with Gasteiger partial charge in [0.1, 0.15) is 23.3 Å². The molecular formula is C28H33BrN4O5. The van der Waals surface area contributed by atoms with E-state index in [1.165, 1.54) is 4.90 Å². The number of ketones is 1. The van der Waals surface area contributed by atoms with Gasteiger partial charge in [0.05, 0.1) is 13.1 Å². The lowest BCUT2D eigenvalue weighted by Crippen LogP contribution is -2.38. The van der Waals surface area contributed by atoms with Crippen LogP contribution < -0.4 is 0 Å². The van der Waals surface area contributed by atoms with Gasteiger partial charge in [-0.3, -0.25) is 15.0 Å². The van der Waals surface area contributed by atoms with E-state index in [-0.39, 0.29) is 66.2 Å². The van der Waals surface area contributed by atoms with Crippen molar-refractivity contribution >= 4 is 40.5 Å². The molecule has 10 heteroatoms. The number of amidine groups is 1. The number of benzene rings is 1. The van der Waals surface area contributed by atoms with Crippen molar-refractivity contribution in [3.63, 3.8) is 0 Å². The van der Waals surface area contributed by atoms with Crippen LogP contribution in [0.3, 0.4) is 0 Å². The number of hydrogen-bond acceptors (Lipinski definition) is 6. The highest BCUT2D eigenvalue weighted by atomic mass is 79.9. The molecule has 1 amide bonds. The molecule has 1 aliphatic carbocycles. The van der Waals surface area contributed by atoms with E-state index in [1.54, 1.807) is 17.0 Å². The van der Waals surface area contributed by atoms with Gasteiger partial charge in [-0.15, -0.1) is 17.0 Å². The lowest BCUT2D eigenvalue weighted by molar-refractivity contribution is -0.146. The lowest BCUT2D eigenvalue weighted by atomic mass is 9.83. The number of aromatic nitrogens is 1. The third-order valence-corrected chi connectivity index (χ3v) is 7.50. The summed E-state index contributed by atoms with van der Waals surface area (Å²) in [5.74, 6) is -0.933. The fourth-order valence-electron chi connectivity index (χ4n) is 5.20. The van der Waals surface area contributed by atoms with Crippen LogP contribution in [0.2, 0.25) is 0 Å². The van der Waals surface area contributed by atoms with Gasteiger partial charge in [0.15, 0.2) is 5.78 Å². The number of carbonyl (C=O) groups is 3. The molecule has 202 valence electrons. The van der Waals surface area contributed by atoms with Crippen LogP contribution in [0.15, 0.2) is 24.3 Å². The quantitative estimate of drug-likeness (QED) is 0.416. The summed E-state index contributed by atoms with van der Waals surface area (Å²) < 4.78 is 0. The van der Waals surface area contributed by atoms with Crippen molar-refractivity contribution in [1.29, 1.82) is 5.41 Å². The summed E-state index contributed by atoms with van der Waals surface area (Å²) in [6.07, 6.45) is 2.60. The van der Waals surface area contributed by atoms with E-state index in [0.29, 0.717) is 34.8 Å². The average molecular weight is 585 g/mol. The van der Waals surface area contributed by atoms with Crippen LogP contribution in [0, 0.1) is 5.41 Å². The molecule has 2 aromatic rings. The molecule has 2 fully saturated rings. The molecule has 1 aromatic heterocycles. The van der Waals surface area contributed by atoms with E-state index in [4.69, 9.17) is 5.41 Å². The largest absolute Gasteiger partial charge is 0.507 e. The second-order valence-corrected chi connectivity index (χ2v) is 11.3. The normalized spacial score (nSPS) is 19.0. The number of likely N-dealkylation sites (tertiary alicyclic amines) is 1. The SMILES string of the molecule is Br.CC(C)(C)c1cc(C(=O)CN2Cc3ccc(C4CC4)nc3C2=N)cc(CN2C(=O)CCC2C(=O)O)c1O. The number of carbonyl (C=O) groups excluding carboxylic acids is 2. The fourth-order valence-corrected chi connectivity index (χ4v) is 5.20. The predicted octanol–water partition coefficient (Wildman–Crippen LogP) is 4.14. The molecule has 5 rings (SSSR count). The Morgan fingerprint density at radius 2 is 1.87 bits per heavy atom. The Kier molecular flexibility index (Phi) is 7.40. The molecule has 3 heterocycles. The van der Waals surface area contributed by atoms with Gasteiger partial charge in [0.2, 0.25) is 5.91 Å². The monoisotopic (exact) mass is 584 g/mol. The summed E-state index contributed by atoms with van der Waals surface area (Å²) >= 11 is 0. The van der Waals surface area contributed by atoms with E-state index < -0.39 is 17.4 Å².